The monoisotopic (exact) mass is 288 g/mol. The van der Waals surface area contributed by atoms with E-state index in [1.807, 2.05) is 0 Å². The molecule has 0 radical (unpaired) electrons. The highest BCUT2D eigenvalue weighted by Gasteiger charge is 2.36. The lowest BCUT2D eigenvalue weighted by Gasteiger charge is -2.21. The summed E-state index contributed by atoms with van der Waals surface area (Å²) in [6, 6.07) is 1.00. The van der Waals surface area contributed by atoms with Crippen LogP contribution < -0.4 is 10.2 Å². The molecule has 0 fully saturated rings. The van der Waals surface area contributed by atoms with Gasteiger partial charge in [0.15, 0.2) is 0 Å². The van der Waals surface area contributed by atoms with Crippen LogP contribution in [-0.4, -0.2) is 36.8 Å². The first-order valence-electron chi connectivity index (χ1n) is 4.95. The Morgan fingerprint density at radius 3 is 2.16 bits per heavy atom. The summed E-state index contributed by atoms with van der Waals surface area (Å²) in [5.74, 6) is -2.18. The van der Waals surface area contributed by atoms with Crippen molar-refractivity contribution in [1.29, 1.82) is 0 Å². The molecule has 0 unspecified atom stereocenters. The van der Waals surface area contributed by atoms with Crippen LogP contribution >= 0.6 is 0 Å². The van der Waals surface area contributed by atoms with Gasteiger partial charge in [0.2, 0.25) is 5.82 Å². The van der Waals surface area contributed by atoms with Crippen LogP contribution in [0.4, 0.5) is 38.0 Å². The third kappa shape index (κ3) is 4.45. The predicted molar refractivity (Wildman–Crippen MR) is 55.9 cm³/mol. The zero-order chi connectivity index (χ0) is 14.8. The van der Waals surface area contributed by atoms with Gasteiger partial charge in [-0.1, -0.05) is 0 Å². The van der Waals surface area contributed by atoms with Gasteiger partial charge >= 0.3 is 12.4 Å². The number of hydrogen-bond acceptors (Lipinski definition) is 4. The molecule has 0 saturated heterocycles. The fraction of sp³-hybridized carbons (Fsp3) is 0.556. The van der Waals surface area contributed by atoms with Crippen molar-refractivity contribution in [2.45, 2.75) is 12.4 Å². The van der Waals surface area contributed by atoms with Crippen LogP contribution in [0, 0.1) is 0 Å². The molecule has 10 heteroatoms. The Morgan fingerprint density at radius 2 is 1.74 bits per heavy atom. The largest absolute Gasteiger partial charge is 0.451 e. The zero-order valence-electron chi connectivity index (χ0n) is 9.89. The maximum Gasteiger partial charge on any atom is 0.451 e. The van der Waals surface area contributed by atoms with Gasteiger partial charge in [-0.3, -0.25) is 0 Å². The lowest BCUT2D eigenvalue weighted by Crippen LogP contribution is -2.32. The van der Waals surface area contributed by atoms with Crippen LogP contribution in [0.15, 0.2) is 6.07 Å². The first-order chi connectivity index (χ1) is 8.53. The summed E-state index contributed by atoms with van der Waals surface area (Å²) in [6.45, 7) is -1.41. The molecule has 0 aliphatic carbocycles. The van der Waals surface area contributed by atoms with E-state index in [1.54, 1.807) is 0 Å². The van der Waals surface area contributed by atoms with Crippen molar-refractivity contribution >= 4 is 11.6 Å². The van der Waals surface area contributed by atoms with Gasteiger partial charge in [0.25, 0.3) is 0 Å². The van der Waals surface area contributed by atoms with Crippen LogP contribution in [0.5, 0.6) is 0 Å². The molecule has 0 aliphatic rings. The van der Waals surface area contributed by atoms with Gasteiger partial charge in [0.05, 0.1) is 0 Å². The van der Waals surface area contributed by atoms with E-state index in [2.05, 4.69) is 15.3 Å². The Morgan fingerprint density at radius 1 is 1.16 bits per heavy atom. The second-order valence-electron chi connectivity index (χ2n) is 3.65. The molecule has 1 aromatic heterocycles. The number of hydrogen-bond donors (Lipinski definition) is 1. The number of nitrogens with one attached hydrogen (secondary N) is 1. The summed E-state index contributed by atoms with van der Waals surface area (Å²) in [5.41, 5.74) is 0. The van der Waals surface area contributed by atoms with E-state index in [4.69, 9.17) is 0 Å². The normalized spacial score (nSPS) is 12.4. The molecule has 1 rings (SSSR count). The molecular weight excluding hydrogens is 278 g/mol. The molecule has 0 aliphatic heterocycles. The number of anilines is 2. The highest BCUT2D eigenvalue weighted by atomic mass is 19.4. The molecule has 0 atom stereocenters. The number of aromatic nitrogens is 2. The minimum Gasteiger partial charge on any atom is -0.373 e. The summed E-state index contributed by atoms with van der Waals surface area (Å²) in [4.78, 5) is 6.80. The third-order valence-corrected chi connectivity index (χ3v) is 2.03. The summed E-state index contributed by atoms with van der Waals surface area (Å²) in [5, 5.41) is 2.34. The second kappa shape index (κ2) is 5.10. The highest BCUT2D eigenvalue weighted by Crippen LogP contribution is 2.29. The van der Waals surface area contributed by atoms with Gasteiger partial charge in [-0.05, 0) is 0 Å². The maximum absolute atomic E-state index is 12.5. The lowest BCUT2D eigenvalue weighted by molar-refractivity contribution is -0.144. The highest BCUT2D eigenvalue weighted by molar-refractivity contribution is 5.49. The smallest absolute Gasteiger partial charge is 0.373 e. The number of halogens is 6. The predicted octanol–water partition coefficient (Wildman–Crippen LogP) is 2.54. The standard InChI is InChI=1S/C9H10F6N4/c1-16-5-3-6(19(2)4-8(10,11)12)18-7(17-5)9(13,14)15/h3H,4H2,1-2H3,(H,16,17,18). The second-order valence-corrected chi connectivity index (χ2v) is 3.65. The fourth-order valence-corrected chi connectivity index (χ4v) is 1.23. The first kappa shape index (κ1) is 15.3. The summed E-state index contributed by atoms with van der Waals surface area (Å²) in [6.07, 6.45) is -9.38. The van der Waals surface area contributed by atoms with Gasteiger partial charge in [0.1, 0.15) is 18.2 Å². The van der Waals surface area contributed by atoms with Crippen molar-refractivity contribution in [2.24, 2.45) is 0 Å². The third-order valence-electron chi connectivity index (χ3n) is 2.03. The summed E-state index contributed by atoms with van der Waals surface area (Å²) in [7, 11) is 2.30. The summed E-state index contributed by atoms with van der Waals surface area (Å²) < 4.78 is 74.0. The van der Waals surface area contributed by atoms with Crippen LogP contribution in [0.3, 0.4) is 0 Å². The molecule has 0 spiro atoms. The zero-order valence-corrected chi connectivity index (χ0v) is 9.89. The van der Waals surface area contributed by atoms with Gasteiger partial charge in [-0.25, -0.2) is 9.97 Å². The van der Waals surface area contributed by atoms with E-state index in [9.17, 15) is 26.3 Å². The summed E-state index contributed by atoms with van der Waals surface area (Å²) >= 11 is 0. The lowest BCUT2D eigenvalue weighted by atomic mass is 10.4. The Balaban J connectivity index is 3.13. The quantitative estimate of drug-likeness (QED) is 0.868. The average Bonchev–Trinajstić information content (AvgIpc) is 2.25. The van der Waals surface area contributed by atoms with E-state index in [1.165, 1.54) is 7.05 Å². The van der Waals surface area contributed by atoms with Crippen LogP contribution in [0.2, 0.25) is 0 Å². The van der Waals surface area contributed by atoms with E-state index in [0.717, 1.165) is 13.1 Å². The first-order valence-corrected chi connectivity index (χ1v) is 4.95. The molecule has 4 nitrogen and oxygen atoms in total. The molecule has 19 heavy (non-hydrogen) atoms. The maximum atomic E-state index is 12.5. The fourth-order valence-electron chi connectivity index (χ4n) is 1.23. The van der Waals surface area contributed by atoms with Crippen molar-refractivity contribution in [2.75, 3.05) is 30.9 Å². The van der Waals surface area contributed by atoms with Crippen molar-refractivity contribution in [3.8, 4) is 0 Å². The SMILES string of the molecule is CNc1cc(N(C)CC(F)(F)F)nc(C(F)(F)F)n1. The number of alkyl halides is 6. The number of rotatable bonds is 3. The van der Waals surface area contributed by atoms with Crippen LogP contribution in [0.1, 0.15) is 5.82 Å². The molecule has 0 bridgehead atoms. The Bertz CT molecular complexity index is 441. The van der Waals surface area contributed by atoms with Crippen molar-refractivity contribution in [1.82, 2.24) is 9.97 Å². The van der Waals surface area contributed by atoms with E-state index < -0.39 is 30.5 Å². The van der Waals surface area contributed by atoms with Gasteiger partial charge in [0, 0.05) is 20.2 Å². The minimum absolute atomic E-state index is 0.216. The van der Waals surface area contributed by atoms with Crippen LogP contribution in [0.25, 0.3) is 0 Å². The minimum atomic E-state index is -4.83. The average molecular weight is 288 g/mol. The molecule has 1 N–H and O–H groups in total. The van der Waals surface area contributed by atoms with Gasteiger partial charge in [-0.15, -0.1) is 0 Å². The van der Waals surface area contributed by atoms with E-state index in [-0.39, 0.29) is 5.82 Å². The van der Waals surface area contributed by atoms with E-state index in [0.29, 0.717) is 4.90 Å². The molecule has 0 amide bonds. The van der Waals surface area contributed by atoms with Gasteiger partial charge in [-0.2, -0.15) is 26.3 Å². The molecule has 1 aromatic rings. The number of nitrogens with zero attached hydrogens (tertiary/aromatic N) is 3. The molecule has 108 valence electrons. The van der Waals surface area contributed by atoms with Gasteiger partial charge < -0.3 is 10.2 Å². The van der Waals surface area contributed by atoms with Crippen molar-refractivity contribution < 1.29 is 26.3 Å². The Labute approximate surface area is 104 Å². The van der Waals surface area contributed by atoms with Crippen molar-refractivity contribution in [3.63, 3.8) is 0 Å². The topological polar surface area (TPSA) is 41.0 Å². The molecule has 0 aromatic carbocycles. The van der Waals surface area contributed by atoms with Crippen LogP contribution in [-0.2, 0) is 6.18 Å². The van der Waals surface area contributed by atoms with E-state index >= 15 is 0 Å². The Kier molecular flexibility index (Phi) is 4.11. The Hall–Kier alpha value is -1.74. The molecule has 0 saturated carbocycles. The molecule has 1 heterocycles. The van der Waals surface area contributed by atoms with Crippen molar-refractivity contribution in [3.05, 3.63) is 11.9 Å². The molecular formula is C9H10F6N4.